The highest BCUT2D eigenvalue weighted by molar-refractivity contribution is 14.1. The first-order chi connectivity index (χ1) is 15.8. The number of halogens is 1. The van der Waals surface area contributed by atoms with Gasteiger partial charge in [0, 0.05) is 19.9 Å². The van der Waals surface area contributed by atoms with Gasteiger partial charge in [0.1, 0.15) is 11.1 Å². The summed E-state index contributed by atoms with van der Waals surface area (Å²) < 4.78 is 6.32. The van der Waals surface area contributed by atoms with E-state index >= 15 is 0 Å². The minimum Gasteiger partial charge on any atom is -0.463 e. The van der Waals surface area contributed by atoms with Crippen LogP contribution in [0.5, 0.6) is 0 Å². The van der Waals surface area contributed by atoms with E-state index in [1.54, 1.807) is 6.92 Å². The largest absolute Gasteiger partial charge is 0.463 e. The van der Waals surface area contributed by atoms with Crippen LogP contribution in [0.15, 0.2) is 56.4 Å². The van der Waals surface area contributed by atoms with E-state index in [1.165, 1.54) is 23.5 Å². The van der Waals surface area contributed by atoms with E-state index in [2.05, 4.69) is 39.7 Å². The maximum absolute atomic E-state index is 13.2. The lowest BCUT2D eigenvalue weighted by Gasteiger charge is -2.28. The molecular formula is C24H21IN4O2S2. The van der Waals surface area contributed by atoms with E-state index in [1.807, 2.05) is 44.2 Å². The number of aromatic nitrogens is 1. The van der Waals surface area contributed by atoms with Crippen LogP contribution in [-0.2, 0) is 9.53 Å². The molecule has 9 heteroatoms. The van der Waals surface area contributed by atoms with Gasteiger partial charge >= 0.3 is 5.97 Å². The standard InChI is InChI=1S/C24H21IN4O2S2/c1-4-31-24(30)21-19(12-32-23-16(10-26)13(2)9-14(3)29-23)33-22(28)17(11-27)20(21)15-7-5-6-8-18(15)25/h5-9,20H,4,12,28H2,1-3H3/t20-/m0/s1. The molecule has 1 aliphatic rings. The smallest absolute Gasteiger partial charge is 0.335 e. The fourth-order valence-corrected chi connectivity index (χ4v) is 6.50. The van der Waals surface area contributed by atoms with Gasteiger partial charge in [-0.2, -0.15) is 10.5 Å². The average molecular weight is 588 g/mol. The molecule has 0 radical (unpaired) electrons. The van der Waals surface area contributed by atoms with Crippen molar-refractivity contribution in [1.82, 2.24) is 4.98 Å². The van der Waals surface area contributed by atoms with Crippen molar-refractivity contribution in [3.63, 3.8) is 0 Å². The molecule has 33 heavy (non-hydrogen) atoms. The molecule has 2 aromatic rings. The Hall–Kier alpha value is -2.47. The summed E-state index contributed by atoms with van der Waals surface area (Å²) in [5.74, 6) is -0.732. The Morgan fingerprint density at radius 2 is 2.03 bits per heavy atom. The van der Waals surface area contributed by atoms with Crippen LogP contribution in [0.3, 0.4) is 0 Å². The molecule has 1 aromatic heterocycles. The number of esters is 1. The van der Waals surface area contributed by atoms with Crippen molar-refractivity contribution in [1.29, 1.82) is 10.5 Å². The third-order valence-corrected chi connectivity index (χ3v) is 8.19. The predicted molar refractivity (Wildman–Crippen MR) is 139 cm³/mol. The molecule has 3 rings (SSSR count). The van der Waals surface area contributed by atoms with E-state index in [9.17, 15) is 15.3 Å². The van der Waals surface area contributed by atoms with Gasteiger partial charge in [0.15, 0.2) is 0 Å². The van der Waals surface area contributed by atoms with Crippen LogP contribution in [-0.4, -0.2) is 23.3 Å². The average Bonchev–Trinajstić information content (AvgIpc) is 2.77. The van der Waals surface area contributed by atoms with Gasteiger partial charge in [0.05, 0.1) is 40.3 Å². The van der Waals surface area contributed by atoms with E-state index in [4.69, 9.17) is 10.5 Å². The fourth-order valence-electron chi connectivity index (χ4n) is 3.55. The summed E-state index contributed by atoms with van der Waals surface area (Å²) >= 11 is 4.78. The number of hydrogen-bond acceptors (Lipinski definition) is 8. The summed E-state index contributed by atoms with van der Waals surface area (Å²) in [4.78, 5) is 18.4. The van der Waals surface area contributed by atoms with Crippen LogP contribution in [0.2, 0.25) is 0 Å². The quantitative estimate of drug-likeness (QED) is 0.275. The number of nitrogens with zero attached hydrogens (tertiary/aromatic N) is 3. The minimum absolute atomic E-state index is 0.213. The number of hydrogen-bond donors (Lipinski definition) is 1. The lowest BCUT2D eigenvalue weighted by atomic mass is 9.84. The van der Waals surface area contributed by atoms with Crippen LogP contribution < -0.4 is 5.73 Å². The molecule has 2 N–H and O–H groups in total. The first kappa shape index (κ1) is 25.2. The lowest BCUT2D eigenvalue weighted by Crippen LogP contribution is -2.24. The molecule has 0 bridgehead atoms. The number of pyridine rings is 1. The highest BCUT2D eigenvalue weighted by atomic mass is 127. The van der Waals surface area contributed by atoms with Crippen LogP contribution >= 0.6 is 46.1 Å². The van der Waals surface area contributed by atoms with E-state index in [0.29, 0.717) is 37.4 Å². The molecule has 1 atom stereocenters. The van der Waals surface area contributed by atoms with Gasteiger partial charge in [-0.3, -0.25) is 0 Å². The number of ether oxygens (including phenoxy) is 1. The van der Waals surface area contributed by atoms with Crippen LogP contribution in [0.1, 0.15) is 35.2 Å². The number of carbonyl (C=O) groups excluding carboxylic acids is 1. The normalized spacial score (nSPS) is 15.8. The number of rotatable bonds is 6. The maximum Gasteiger partial charge on any atom is 0.335 e. The monoisotopic (exact) mass is 588 g/mol. The zero-order chi connectivity index (χ0) is 24.1. The number of aryl methyl sites for hydroxylation is 2. The summed E-state index contributed by atoms with van der Waals surface area (Å²) in [6, 6.07) is 13.9. The molecule has 0 saturated carbocycles. The van der Waals surface area contributed by atoms with Crippen molar-refractivity contribution in [3.05, 3.63) is 77.4 Å². The van der Waals surface area contributed by atoms with Crippen molar-refractivity contribution in [3.8, 4) is 12.1 Å². The number of carbonyl (C=O) groups is 1. The highest BCUT2D eigenvalue weighted by Gasteiger charge is 2.37. The second kappa shape index (κ2) is 11.1. The second-order valence-corrected chi connectivity index (χ2v) is 10.4. The molecule has 0 saturated heterocycles. The number of benzene rings is 1. The van der Waals surface area contributed by atoms with Crippen molar-refractivity contribution < 1.29 is 9.53 Å². The first-order valence-electron chi connectivity index (χ1n) is 10.1. The summed E-state index contributed by atoms with van der Waals surface area (Å²) in [7, 11) is 0. The van der Waals surface area contributed by atoms with E-state index in [-0.39, 0.29) is 6.61 Å². The number of nitriles is 2. The van der Waals surface area contributed by atoms with Gasteiger partial charge in [-0.05, 0) is 66.6 Å². The Bertz CT molecular complexity index is 1260. The Morgan fingerprint density at radius 1 is 1.30 bits per heavy atom. The Balaban J connectivity index is 2.14. The van der Waals surface area contributed by atoms with Crippen LogP contribution in [0.4, 0.5) is 0 Å². The van der Waals surface area contributed by atoms with E-state index < -0.39 is 11.9 Å². The molecule has 0 fully saturated rings. The zero-order valence-electron chi connectivity index (χ0n) is 18.3. The number of thioether (sulfide) groups is 2. The van der Waals surface area contributed by atoms with Crippen molar-refractivity contribution >= 4 is 52.1 Å². The molecule has 2 heterocycles. The Kier molecular flexibility index (Phi) is 8.46. The van der Waals surface area contributed by atoms with Crippen LogP contribution in [0.25, 0.3) is 0 Å². The molecule has 0 spiro atoms. The molecule has 6 nitrogen and oxygen atoms in total. The Labute approximate surface area is 215 Å². The van der Waals surface area contributed by atoms with Gasteiger partial charge in [0.2, 0.25) is 0 Å². The lowest BCUT2D eigenvalue weighted by molar-refractivity contribution is -0.138. The van der Waals surface area contributed by atoms with E-state index in [0.717, 1.165) is 20.4 Å². The molecule has 0 aliphatic carbocycles. The van der Waals surface area contributed by atoms with Crippen molar-refractivity contribution in [2.75, 3.05) is 12.4 Å². The third-order valence-electron chi connectivity index (χ3n) is 4.97. The second-order valence-electron chi connectivity index (χ2n) is 7.16. The zero-order valence-corrected chi connectivity index (χ0v) is 22.1. The SMILES string of the molecule is CCOC(=O)C1=C(CSc2nc(C)cc(C)c2C#N)SC(N)=C(C#N)[C@@H]1c1ccccc1I. The molecule has 1 aromatic carbocycles. The molecule has 1 aliphatic heterocycles. The molecule has 0 amide bonds. The van der Waals surface area contributed by atoms with Crippen molar-refractivity contribution in [2.45, 2.75) is 31.7 Å². The van der Waals surface area contributed by atoms with Gasteiger partial charge < -0.3 is 10.5 Å². The van der Waals surface area contributed by atoms with Crippen molar-refractivity contribution in [2.24, 2.45) is 5.73 Å². The maximum atomic E-state index is 13.2. The minimum atomic E-state index is -0.623. The Morgan fingerprint density at radius 3 is 2.67 bits per heavy atom. The fraction of sp³-hybridized carbons (Fsp3) is 0.250. The number of nitrogens with two attached hydrogens (primary N) is 1. The molecular weight excluding hydrogens is 567 g/mol. The van der Waals surface area contributed by atoms with Gasteiger partial charge in [-0.25, -0.2) is 9.78 Å². The summed E-state index contributed by atoms with van der Waals surface area (Å²) in [6.45, 7) is 5.72. The molecule has 168 valence electrons. The highest BCUT2D eigenvalue weighted by Crippen LogP contribution is 2.47. The summed E-state index contributed by atoms with van der Waals surface area (Å²) in [5.41, 5.74) is 10.1. The summed E-state index contributed by atoms with van der Waals surface area (Å²) in [5, 5.41) is 20.5. The third kappa shape index (κ3) is 5.37. The van der Waals surface area contributed by atoms with Gasteiger partial charge in [-0.1, -0.05) is 41.7 Å². The number of allylic oxidation sites excluding steroid dienone is 1. The van der Waals surface area contributed by atoms with Gasteiger partial charge in [-0.15, -0.1) is 0 Å². The van der Waals surface area contributed by atoms with Crippen LogP contribution in [0, 0.1) is 40.1 Å². The predicted octanol–water partition coefficient (Wildman–Crippen LogP) is 5.31. The van der Waals surface area contributed by atoms with Gasteiger partial charge in [0.25, 0.3) is 0 Å². The molecule has 0 unspecified atom stereocenters. The first-order valence-corrected chi connectivity index (χ1v) is 12.9. The summed E-state index contributed by atoms with van der Waals surface area (Å²) in [6.07, 6.45) is 0. The topological polar surface area (TPSA) is 113 Å².